The molecule has 1 N–H and O–H groups in total. The lowest BCUT2D eigenvalue weighted by Crippen LogP contribution is -2.64. The summed E-state index contributed by atoms with van der Waals surface area (Å²) in [6, 6.07) is -0.655. The number of hydrogen-bond acceptors (Lipinski definition) is 2. The van der Waals surface area contributed by atoms with Gasteiger partial charge in [-0.3, -0.25) is 9.59 Å². The van der Waals surface area contributed by atoms with Gasteiger partial charge in [0.1, 0.15) is 12.1 Å². The van der Waals surface area contributed by atoms with Crippen LogP contribution in [0.25, 0.3) is 0 Å². The Balaban J connectivity index is 2.08. The number of carbonyl (C=O) groups is 2. The van der Waals surface area contributed by atoms with Gasteiger partial charge in [-0.2, -0.15) is 0 Å². The average molecular weight is 292 g/mol. The summed E-state index contributed by atoms with van der Waals surface area (Å²) in [5, 5.41) is 2.87. The van der Waals surface area contributed by atoms with Gasteiger partial charge in [0.2, 0.25) is 11.8 Å². The molecule has 2 rings (SSSR count). The Morgan fingerprint density at radius 2 is 2.10 bits per heavy atom. The predicted molar refractivity (Wildman–Crippen MR) is 83.7 cm³/mol. The molecule has 118 valence electrons. The van der Waals surface area contributed by atoms with Crippen LogP contribution in [0.5, 0.6) is 0 Å². The van der Waals surface area contributed by atoms with Crippen molar-refractivity contribution in [2.45, 2.75) is 71.4 Å². The first-order chi connectivity index (χ1) is 10.0. The third kappa shape index (κ3) is 3.66. The molecule has 0 bridgehead atoms. The van der Waals surface area contributed by atoms with Crippen molar-refractivity contribution in [2.24, 2.45) is 5.92 Å². The Bertz CT molecular complexity index is 429. The minimum atomic E-state index is -0.340. The summed E-state index contributed by atoms with van der Waals surface area (Å²) >= 11 is 0. The Labute approximate surface area is 128 Å². The summed E-state index contributed by atoms with van der Waals surface area (Å²) in [6.45, 7) is 6.64. The van der Waals surface area contributed by atoms with Crippen molar-refractivity contribution >= 4 is 11.8 Å². The number of rotatable bonds is 5. The molecule has 0 spiro atoms. The highest BCUT2D eigenvalue weighted by Gasteiger charge is 2.40. The lowest BCUT2D eigenvalue weighted by Gasteiger charge is -2.41. The third-order valence-corrected chi connectivity index (χ3v) is 4.60. The number of piperazine rings is 1. The molecule has 4 nitrogen and oxygen atoms in total. The van der Waals surface area contributed by atoms with E-state index in [1.165, 1.54) is 18.4 Å². The third-order valence-electron chi connectivity index (χ3n) is 4.60. The first kappa shape index (κ1) is 16.1. The fraction of sp³-hybridized carbons (Fsp3) is 0.765. The van der Waals surface area contributed by atoms with Crippen LogP contribution in [0.15, 0.2) is 11.6 Å². The molecule has 0 saturated carbocycles. The molecule has 1 heterocycles. The summed E-state index contributed by atoms with van der Waals surface area (Å²) < 4.78 is 0. The quantitative estimate of drug-likeness (QED) is 0.792. The van der Waals surface area contributed by atoms with Crippen LogP contribution in [-0.4, -0.2) is 35.3 Å². The molecule has 1 aliphatic carbocycles. The molecule has 0 aromatic rings. The first-order valence-electron chi connectivity index (χ1n) is 8.33. The second-order valence-electron chi connectivity index (χ2n) is 6.55. The zero-order valence-corrected chi connectivity index (χ0v) is 13.5. The second-order valence-corrected chi connectivity index (χ2v) is 6.55. The average Bonchev–Trinajstić information content (AvgIpc) is 2.48. The standard InChI is InChI=1S/C17H28N2O2/c1-4-14-17(21)19(15(12(2)3)16(20)18-14)11-10-13-8-6-5-7-9-13/h8,12,14-15H,4-7,9-11H2,1-3H3,(H,18,20). The van der Waals surface area contributed by atoms with Gasteiger partial charge in [-0.15, -0.1) is 0 Å². The molecule has 1 aliphatic heterocycles. The Morgan fingerprint density at radius 3 is 2.67 bits per heavy atom. The predicted octanol–water partition coefficient (Wildman–Crippen LogP) is 2.64. The van der Waals surface area contributed by atoms with Crippen molar-refractivity contribution in [1.82, 2.24) is 10.2 Å². The van der Waals surface area contributed by atoms with E-state index in [0.29, 0.717) is 13.0 Å². The van der Waals surface area contributed by atoms with Gasteiger partial charge in [-0.25, -0.2) is 0 Å². The maximum atomic E-state index is 12.6. The smallest absolute Gasteiger partial charge is 0.245 e. The summed E-state index contributed by atoms with van der Waals surface area (Å²) in [4.78, 5) is 26.7. The Hall–Kier alpha value is -1.32. The zero-order valence-electron chi connectivity index (χ0n) is 13.5. The normalized spacial score (nSPS) is 26.9. The Kier molecular flexibility index (Phi) is 5.43. The van der Waals surface area contributed by atoms with E-state index in [1.807, 2.05) is 25.7 Å². The van der Waals surface area contributed by atoms with Crippen molar-refractivity contribution in [3.8, 4) is 0 Å². The van der Waals surface area contributed by atoms with Crippen molar-refractivity contribution < 1.29 is 9.59 Å². The number of nitrogens with zero attached hydrogens (tertiary/aromatic N) is 1. The summed E-state index contributed by atoms with van der Waals surface area (Å²) in [5.74, 6) is 0.244. The molecule has 2 unspecified atom stereocenters. The molecule has 4 heteroatoms. The monoisotopic (exact) mass is 292 g/mol. The first-order valence-corrected chi connectivity index (χ1v) is 8.33. The molecule has 2 amide bonds. The number of hydrogen-bond donors (Lipinski definition) is 1. The van der Waals surface area contributed by atoms with Gasteiger partial charge in [-0.05, 0) is 44.4 Å². The van der Waals surface area contributed by atoms with E-state index in [1.54, 1.807) is 0 Å². The van der Waals surface area contributed by atoms with Crippen LogP contribution in [0.3, 0.4) is 0 Å². The number of nitrogens with one attached hydrogen (secondary N) is 1. The van der Waals surface area contributed by atoms with Crippen LogP contribution >= 0.6 is 0 Å². The number of amides is 2. The highest BCUT2D eigenvalue weighted by Crippen LogP contribution is 2.23. The number of allylic oxidation sites excluding steroid dienone is 1. The summed E-state index contributed by atoms with van der Waals surface area (Å²) in [7, 11) is 0. The van der Waals surface area contributed by atoms with E-state index in [9.17, 15) is 9.59 Å². The summed E-state index contributed by atoms with van der Waals surface area (Å²) in [5.41, 5.74) is 1.45. The maximum Gasteiger partial charge on any atom is 0.245 e. The maximum absolute atomic E-state index is 12.6. The zero-order chi connectivity index (χ0) is 15.4. The van der Waals surface area contributed by atoms with Gasteiger partial charge in [0.25, 0.3) is 0 Å². The van der Waals surface area contributed by atoms with Crippen LogP contribution in [0.1, 0.15) is 59.3 Å². The topological polar surface area (TPSA) is 49.4 Å². The van der Waals surface area contributed by atoms with Gasteiger partial charge in [0.15, 0.2) is 0 Å². The van der Waals surface area contributed by atoms with E-state index >= 15 is 0 Å². The van der Waals surface area contributed by atoms with E-state index in [-0.39, 0.29) is 29.8 Å². The minimum Gasteiger partial charge on any atom is -0.343 e. The van der Waals surface area contributed by atoms with Crippen molar-refractivity contribution in [3.05, 3.63) is 11.6 Å². The van der Waals surface area contributed by atoms with Crippen molar-refractivity contribution in [2.75, 3.05) is 6.54 Å². The van der Waals surface area contributed by atoms with Gasteiger partial charge in [0.05, 0.1) is 0 Å². The minimum absolute atomic E-state index is 0.00840. The SMILES string of the molecule is CCC1NC(=O)C(C(C)C)N(CCC2=CCCCC2)C1=O. The van der Waals surface area contributed by atoms with Crippen LogP contribution in [0.4, 0.5) is 0 Å². The fourth-order valence-electron chi connectivity index (χ4n) is 3.38. The van der Waals surface area contributed by atoms with Crippen molar-refractivity contribution in [1.29, 1.82) is 0 Å². The fourth-order valence-corrected chi connectivity index (χ4v) is 3.38. The van der Waals surface area contributed by atoms with Gasteiger partial charge in [0, 0.05) is 6.54 Å². The second kappa shape index (κ2) is 7.10. The molecule has 2 aliphatic rings. The molecule has 0 aromatic heterocycles. The molecule has 0 aromatic carbocycles. The van der Waals surface area contributed by atoms with Gasteiger partial charge >= 0.3 is 0 Å². The molecular weight excluding hydrogens is 264 g/mol. The molecule has 21 heavy (non-hydrogen) atoms. The molecule has 0 radical (unpaired) electrons. The highest BCUT2D eigenvalue weighted by atomic mass is 16.2. The molecule has 1 saturated heterocycles. The van der Waals surface area contributed by atoms with Crippen LogP contribution in [-0.2, 0) is 9.59 Å². The van der Waals surface area contributed by atoms with E-state index in [4.69, 9.17) is 0 Å². The largest absolute Gasteiger partial charge is 0.343 e. The highest BCUT2D eigenvalue weighted by molar-refractivity contribution is 5.97. The summed E-state index contributed by atoms with van der Waals surface area (Å²) in [6.07, 6.45) is 8.74. The van der Waals surface area contributed by atoms with E-state index in [2.05, 4.69) is 11.4 Å². The lowest BCUT2D eigenvalue weighted by molar-refractivity contribution is -0.151. The number of carbonyl (C=O) groups excluding carboxylic acids is 2. The van der Waals surface area contributed by atoms with E-state index < -0.39 is 0 Å². The van der Waals surface area contributed by atoms with E-state index in [0.717, 1.165) is 19.3 Å². The van der Waals surface area contributed by atoms with Crippen molar-refractivity contribution in [3.63, 3.8) is 0 Å². The lowest BCUT2D eigenvalue weighted by atomic mass is 9.93. The molecule has 1 fully saturated rings. The van der Waals surface area contributed by atoms with Crippen LogP contribution in [0, 0.1) is 5.92 Å². The molecular formula is C17H28N2O2. The van der Waals surface area contributed by atoms with Gasteiger partial charge < -0.3 is 10.2 Å². The molecule has 2 atom stereocenters. The Morgan fingerprint density at radius 1 is 1.33 bits per heavy atom. The van der Waals surface area contributed by atoms with Crippen LogP contribution in [0.2, 0.25) is 0 Å². The van der Waals surface area contributed by atoms with Crippen LogP contribution < -0.4 is 5.32 Å². The van der Waals surface area contributed by atoms with Gasteiger partial charge in [-0.1, -0.05) is 32.4 Å².